The third-order valence-corrected chi connectivity index (χ3v) is 5.91. The van der Waals surface area contributed by atoms with Crippen LogP contribution in [0.2, 0.25) is 0 Å². The summed E-state index contributed by atoms with van der Waals surface area (Å²) < 4.78 is 16.3. The molecule has 0 aliphatic heterocycles. The average molecular weight is 455 g/mol. The maximum Gasteiger partial charge on any atom is 0.162 e. The van der Waals surface area contributed by atoms with E-state index in [0.29, 0.717) is 23.9 Å². The molecule has 0 amide bonds. The third kappa shape index (κ3) is 4.08. The summed E-state index contributed by atoms with van der Waals surface area (Å²) in [6.07, 6.45) is 2.92. The topological polar surface area (TPSA) is 81.3 Å². The van der Waals surface area contributed by atoms with E-state index in [1.54, 1.807) is 21.3 Å². The van der Waals surface area contributed by atoms with Crippen LogP contribution in [0.1, 0.15) is 5.56 Å². The summed E-state index contributed by atoms with van der Waals surface area (Å²) in [6, 6.07) is 19.8. The molecule has 7 heteroatoms. The van der Waals surface area contributed by atoms with Gasteiger partial charge in [0.1, 0.15) is 11.6 Å². The molecular weight excluding hydrogens is 428 g/mol. The Kier molecular flexibility index (Phi) is 5.91. The molecule has 5 aromatic rings. The molecule has 2 N–H and O–H groups in total. The predicted octanol–water partition coefficient (Wildman–Crippen LogP) is 5.46. The minimum absolute atomic E-state index is 0.622. The molecule has 3 aromatic carbocycles. The van der Waals surface area contributed by atoms with Gasteiger partial charge in [0.25, 0.3) is 0 Å². The van der Waals surface area contributed by atoms with Crippen LogP contribution in [0.15, 0.2) is 66.9 Å². The van der Waals surface area contributed by atoms with Crippen LogP contribution < -0.4 is 19.5 Å². The van der Waals surface area contributed by atoms with Crippen LogP contribution in [-0.2, 0) is 6.42 Å². The molecule has 0 fully saturated rings. The van der Waals surface area contributed by atoms with Gasteiger partial charge in [0.05, 0.1) is 26.8 Å². The average Bonchev–Trinajstić information content (AvgIpc) is 3.30. The lowest BCUT2D eigenvalue weighted by atomic mass is 10.1. The summed E-state index contributed by atoms with van der Waals surface area (Å²) in [4.78, 5) is 13.0. The van der Waals surface area contributed by atoms with Crippen molar-refractivity contribution in [2.24, 2.45) is 0 Å². The van der Waals surface area contributed by atoms with Crippen LogP contribution in [0.5, 0.6) is 17.2 Å². The number of nitrogens with one attached hydrogen (secondary N) is 2. The number of rotatable bonds is 8. The number of anilines is 1. The van der Waals surface area contributed by atoms with Gasteiger partial charge in [0.2, 0.25) is 0 Å². The van der Waals surface area contributed by atoms with Crippen LogP contribution in [-0.4, -0.2) is 42.8 Å². The number of fused-ring (bicyclic) bond motifs is 2. The fourth-order valence-electron chi connectivity index (χ4n) is 4.11. The van der Waals surface area contributed by atoms with E-state index in [2.05, 4.69) is 34.7 Å². The van der Waals surface area contributed by atoms with E-state index in [9.17, 15) is 0 Å². The normalized spacial score (nSPS) is 11.0. The van der Waals surface area contributed by atoms with Gasteiger partial charge in [-0.25, -0.2) is 9.97 Å². The van der Waals surface area contributed by atoms with E-state index in [-0.39, 0.29) is 0 Å². The van der Waals surface area contributed by atoms with Crippen molar-refractivity contribution < 1.29 is 14.2 Å². The number of aromatic nitrogens is 3. The predicted molar refractivity (Wildman–Crippen MR) is 135 cm³/mol. The summed E-state index contributed by atoms with van der Waals surface area (Å²) in [5, 5.41) is 5.63. The molecule has 2 heterocycles. The summed E-state index contributed by atoms with van der Waals surface area (Å²) in [6.45, 7) is 0.713. The van der Waals surface area contributed by atoms with Gasteiger partial charge in [-0.15, -0.1) is 0 Å². The zero-order valence-electron chi connectivity index (χ0n) is 19.4. The molecule has 0 aliphatic rings. The smallest absolute Gasteiger partial charge is 0.162 e. The van der Waals surface area contributed by atoms with Crippen LogP contribution >= 0.6 is 0 Å². The fraction of sp³-hybridized carbons (Fsp3) is 0.185. The van der Waals surface area contributed by atoms with E-state index in [1.807, 2.05) is 42.5 Å². The lowest BCUT2D eigenvalue weighted by Gasteiger charge is -2.14. The molecule has 0 saturated carbocycles. The molecule has 0 bridgehead atoms. The van der Waals surface area contributed by atoms with Crippen molar-refractivity contribution >= 4 is 27.6 Å². The Morgan fingerprint density at radius 3 is 2.35 bits per heavy atom. The minimum atomic E-state index is 0.622. The van der Waals surface area contributed by atoms with Gasteiger partial charge in [-0.1, -0.05) is 18.2 Å². The Morgan fingerprint density at radius 1 is 0.824 bits per heavy atom. The second kappa shape index (κ2) is 9.31. The van der Waals surface area contributed by atoms with Crippen LogP contribution in [0.25, 0.3) is 33.2 Å². The molecule has 2 aromatic heterocycles. The first-order valence-corrected chi connectivity index (χ1v) is 11.1. The van der Waals surface area contributed by atoms with Gasteiger partial charge < -0.3 is 24.5 Å². The first kappa shape index (κ1) is 21.6. The highest BCUT2D eigenvalue weighted by molar-refractivity contribution is 5.93. The maximum absolute atomic E-state index is 5.52. The van der Waals surface area contributed by atoms with Crippen LogP contribution in [0, 0.1) is 0 Å². The molecular formula is C27H26N4O3. The van der Waals surface area contributed by atoms with E-state index in [0.717, 1.165) is 40.0 Å². The molecule has 172 valence electrons. The van der Waals surface area contributed by atoms with Gasteiger partial charge in [-0.05, 0) is 48.4 Å². The van der Waals surface area contributed by atoms with Gasteiger partial charge in [-0.2, -0.15) is 0 Å². The summed E-state index contributed by atoms with van der Waals surface area (Å²) in [5.74, 6) is 3.41. The number of hydrogen-bond acceptors (Lipinski definition) is 6. The van der Waals surface area contributed by atoms with Crippen molar-refractivity contribution in [1.82, 2.24) is 15.0 Å². The SMILES string of the molecule is COc1ccc(-c2nc(NCCc3c[nH]c4ccccc34)c3cc(OC)c(OC)cc3n2)cc1. The fourth-order valence-corrected chi connectivity index (χ4v) is 4.11. The number of methoxy groups -OCH3 is 3. The van der Waals surface area contributed by atoms with Gasteiger partial charge in [0, 0.05) is 40.7 Å². The lowest BCUT2D eigenvalue weighted by Crippen LogP contribution is -2.08. The molecule has 5 rings (SSSR count). The number of hydrogen-bond donors (Lipinski definition) is 2. The number of para-hydroxylation sites is 1. The Bertz CT molecular complexity index is 1440. The highest BCUT2D eigenvalue weighted by Gasteiger charge is 2.15. The summed E-state index contributed by atoms with van der Waals surface area (Å²) in [5.41, 5.74) is 4.07. The quantitative estimate of drug-likeness (QED) is 0.324. The van der Waals surface area contributed by atoms with E-state index < -0.39 is 0 Å². The number of H-pyrrole nitrogens is 1. The number of aromatic amines is 1. The molecule has 0 spiro atoms. The van der Waals surface area contributed by atoms with Crippen molar-refractivity contribution in [3.63, 3.8) is 0 Å². The van der Waals surface area contributed by atoms with Gasteiger partial charge >= 0.3 is 0 Å². The summed E-state index contributed by atoms with van der Waals surface area (Å²) in [7, 11) is 4.90. The number of benzene rings is 3. The Morgan fingerprint density at radius 2 is 1.59 bits per heavy atom. The standard InChI is InChI=1S/C27H26N4O3/c1-32-19-10-8-17(9-11-19)26-30-23-15-25(34-3)24(33-2)14-21(23)27(31-26)28-13-12-18-16-29-22-7-5-4-6-20(18)22/h4-11,14-16,29H,12-13H2,1-3H3,(H,28,30,31). The molecule has 0 radical (unpaired) electrons. The second-order valence-corrected chi connectivity index (χ2v) is 7.88. The largest absolute Gasteiger partial charge is 0.497 e. The lowest BCUT2D eigenvalue weighted by molar-refractivity contribution is 0.356. The molecule has 0 atom stereocenters. The van der Waals surface area contributed by atoms with Crippen LogP contribution in [0.4, 0.5) is 5.82 Å². The zero-order chi connectivity index (χ0) is 23.5. The van der Waals surface area contributed by atoms with Crippen molar-refractivity contribution in [3.8, 4) is 28.6 Å². The molecule has 0 saturated heterocycles. The maximum atomic E-state index is 5.52. The number of nitrogens with zero attached hydrogens (tertiary/aromatic N) is 2. The Balaban J connectivity index is 1.51. The first-order valence-electron chi connectivity index (χ1n) is 11.1. The van der Waals surface area contributed by atoms with E-state index in [4.69, 9.17) is 24.2 Å². The van der Waals surface area contributed by atoms with Crippen molar-refractivity contribution in [2.75, 3.05) is 33.2 Å². The zero-order valence-corrected chi connectivity index (χ0v) is 19.4. The van der Waals surface area contributed by atoms with Crippen molar-refractivity contribution in [1.29, 1.82) is 0 Å². The van der Waals surface area contributed by atoms with Crippen molar-refractivity contribution in [2.45, 2.75) is 6.42 Å². The highest BCUT2D eigenvalue weighted by atomic mass is 16.5. The molecule has 0 unspecified atom stereocenters. The van der Waals surface area contributed by atoms with Crippen LogP contribution in [0.3, 0.4) is 0 Å². The molecule has 7 nitrogen and oxygen atoms in total. The van der Waals surface area contributed by atoms with Gasteiger partial charge in [0.15, 0.2) is 17.3 Å². The summed E-state index contributed by atoms with van der Waals surface area (Å²) >= 11 is 0. The monoisotopic (exact) mass is 454 g/mol. The van der Waals surface area contributed by atoms with Crippen molar-refractivity contribution in [3.05, 3.63) is 72.4 Å². The van der Waals surface area contributed by atoms with E-state index >= 15 is 0 Å². The number of ether oxygens (including phenoxy) is 3. The van der Waals surface area contributed by atoms with Gasteiger partial charge in [-0.3, -0.25) is 0 Å². The minimum Gasteiger partial charge on any atom is -0.497 e. The Hall–Kier alpha value is -4.26. The van der Waals surface area contributed by atoms with E-state index in [1.165, 1.54) is 10.9 Å². The second-order valence-electron chi connectivity index (χ2n) is 7.88. The molecule has 34 heavy (non-hydrogen) atoms. The highest BCUT2D eigenvalue weighted by Crippen LogP contribution is 2.35. The Labute approximate surface area is 197 Å². The first-order chi connectivity index (χ1) is 16.7. The third-order valence-electron chi connectivity index (χ3n) is 5.91. The molecule has 0 aliphatic carbocycles.